The van der Waals surface area contributed by atoms with Crippen molar-refractivity contribution >= 4 is 27.3 Å². The van der Waals surface area contributed by atoms with Crippen LogP contribution in [0.3, 0.4) is 0 Å². The fourth-order valence-corrected chi connectivity index (χ4v) is 5.24. The topological polar surface area (TPSA) is 113 Å². The number of halogens is 1. The molecule has 166 valence electrons. The van der Waals surface area contributed by atoms with E-state index in [4.69, 9.17) is 0 Å². The van der Waals surface area contributed by atoms with Crippen molar-refractivity contribution in [3.63, 3.8) is 0 Å². The minimum atomic E-state index is -4.15. The minimum absolute atomic E-state index is 0.0352. The van der Waals surface area contributed by atoms with E-state index in [1.54, 1.807) is 24.3 Å². The number of hydrogen-bond donors (Lipinski definition) is 2. The Bertz CT molecular complexity index is 1250. The van der Waals surface area contributed by atoms with Crippen molar-refractivity contribution < 1.29 is 22.8 Å². The fraction of sp³-hybridized carbons (Fsp3) is 0.136. The Hall–Kier alpha value is -3.31. The molecule has 0 saturated carbocycles. The van der Waals surface area contributed by atoms with Crippen LogP contribution in [0.2, 0.25) is 0 Å². The molecule has 3 aromatic rings. The van der Waals surface area contributed by atoms with Gasteiger partial charge in [0, 0.05) is 6.54 Å². The predicted molar refractivity (Wildman–Crippen MR) is 116 cm³/mol. The molecule has 1 amide bonds. The first-order valence-corrected chi connectivity index (χ1v) is 11.1. The van der Waals surface area contributed by atoms with E-state index in [1.165, 1.54) is 18.2 Å². The molecular formula is C22H19FN3O5S-. The maximum Gasteiger partial charge on any atom is 0.244 e. The second-order valence-corrected chi connectivity index (χ2v) is 9.16. The highest BCUT2D eigenvalue weighted by Crippen LogP contribution is 2.31. The molecule has 0 spiro atoms. The quantitative estimate of drug-likeness (QED) is 0.570. The van der Waals surface area contributed by atoms with E-state index in [2.05, 4.69) is 5.32 Å². The van der Waals surface area contributed by atoms with Crippen LogP contribution in [0.1, 0.15) is 11.1 Å². The monoisotopic (exact) mass is 456 g/mol. The maximum atomic E-state index is 13.4. The molecule has 0 aromatic heterocycles. The maximum absolute atomic E-state index is 13.4. The van der Waals surface area contributed by atoms with E-state index in [1.807, 2.05) is 6.07 Å². The van der Waals surface area contributed by atoms with Gasteiger partial charge >= 0.3 is 0 Å². The molecule has 32 heavy (non-hydrogen) atoms. The summed E-state index contributed by atoms with van der Waals surface area (Å²) in [5.74, 6) is -1.25. The van der Waals surface area contributed by atoms with Gasteiger partial charge in [0.25, 0.3) is 0 Å². The molecule has 1 aliphatic heterocycles. The zero-order valence-electron chi connectivity index (χ0n) is 16.7. The molecule has 1 unspecified atom stereocenters. The van der Waals surface area contributed by atoms with Crippen LogP contribution >= 0.6 is 0 Å². The smallest absolute Gasteiger partial charge is 0.244 e. The Morgan fingerprint density at radius 2 is 1.66 bits per heavy atom. The first kappa shape index (κ1) is 21.9. The number of nitrogens with zero attached hydrogens (tertiary/aromatic N) is 2. The fourth-order valence-electron chi connectivity index (χ4n) is 3.68. The summed E-state index contributed by atoms with van der Waals surface area (Å²) in [6.07, 6.45) is 0.102. The zero-order valence-corrected chi connectivity index (χ0v) is 17.5. The molecule has 0 fully saturated rings. The van der Waals surface area contributed by atoms with Gasteiger partial charge in [-0.2, -0.15) is 4.31 Å². The number of anilines is 2. The number of nitrogens with one attached hydrogen (secondary N) is 1. The summed E-state index contributed by atoms with van der Waals surface area (Å²) in [7, 11) is -4.15. The van der Waals surface area contributed by atoms with Crippen LogP contribution < -0.4 is 10.5 Å². The Kier molecular flexibility index (Phi) is 5.94. The number of benzene rings is 3. The molecule has 1 aliphatic rings. The van der Waals surface area contributed by atoms with Gasteiger partial charge in [-0.05, 0) is 53.9 Å². The van der Waals surface area contributed by atoms with Gasteiger partial charge < -0.3 is 15.8 Å². The third-order valence-electron chi connectivity index (χ3n) is 5.30. The van der Waals surface area contributed by atoms with Gasteiger partial charge in [0.05, 0.1) is 16.3 Å². The highest BCUT2D eigenvalue weighted by Gasteiger charge is 2.39. The predicted octanol–water partition coefficient (Wildman–Crippen LogP) is 3.27. The Balaban J connectivity index is 1.72. The summed E-state index contributed by atoms with van der Waals surface area (Å²) in [5.41, 5.74) is 1.42. The SMILES string of the molecule is O=C(Nc1ccccc1N([O-])O)C1Cc2ccccc2CN1S(=O)(=O)c1ccc(F)cc1. The highest BCUT2D eigenvalue weighted by molar-refractivity contribution is 7.89. The zero-order chi connectivity index (χ0) is 22.9. The Morgan fingerprint density at radius 1 is 1.03 bits per heavy atom. The third kappa shape index (κ3) is 4.21. The van der Waals surface area contributed by atoms with E-state index in [0.29, 0.717) is 0 Å². The summed E-state index contributed by atoms with van der Waals surface area (Å²) in [4.78, 5) is 13.1. The second kappa shape index (κ2) is 8.67. The summed E-state index contributed by atoms with van der Waals surface area (Å²) in [6, 6.07) is 16.2. The van der Waals surface area contributed by atoms with Crippen molar-refractivity contribution in [2.45, 2.75) is 23.9 Å². The summed E-state index contributed by atoms with van der Waals surface area (Å²) >= 11 is 0. The first-order valence-electron chi connectivity index (χ1n) is 9.67. The van der Waals surface area contributed by atoms with Crippen LogP contribution in [0.5, 0.6) is 0 Å². The number of fused-ring (bicyclic) bond motifs is 1. The number of carbonyl (C=O) groups is 1. The lowest BCUT2D eigenvalue weighted by Gasteiger charge is -2.35. The van der Waals surface area contributed by atoms with Crippen LogP contribution in [-0.2, 0) is 27.8 Å². The Morgan fingerprint density at radius 3 is 2.34 bits per heavy atom. The standard InChI is InChI=1S/C22H19FN3O5S/c23-17-9-11-18(12-10-17)32(30,31)25-14-16-6-2-1-5-15(16)13-21(25)22(27)24-19-7-3-4-8-20(19)26(28)29/h1-12,21,28H,13-14H2,(H,24,27)/q-1. The largest absolute Gasteiger partial charge is 0.733 e. The van der Waals surface area contributed by atoms with Gasteiger partial charge in [0.15, 0.2) is 0 Å². The molecule has 1 atom stereocenters. The van der Waals surface area contributed by atoms with Crippen molar-refractivity contribution in [1.82, 2.24) is 4.31 Å². The lowest BCUT2D eigenvalue weighted by molar-refractivity contribution is -0.120. The van der Waals surface area contributed by atoms with Crippen molar-refractivity contribution in [1.29, 1.82) is 0 Å². The summed E-state index contributed by atoms with van der Waals surface area (Å²) in [6.45, 7) is -0.0523. The van der Waals surface area contributed by atoms with Gasteiger partial charge in [-0.1, -0.05) is 36.4 Å². The first-order chi connectivity index (χ1) is 15.3. The summed E-state index contributed by atoms with van der Waals surface area (Å²) in [5, 5.41) is 22.9. The van der Waals surface area contributed by atoms with Crippen molar-refractivity contribution in [2.24, 2.45) is 0 Å². The van der Waals surface area contributed by atoms with Crippen LogP contribution in [0.25, 0.3) is 0 Å². The molecular weight excluding hydrogens is 437 g/mol. The lowest BCUT2D eigenvalue weighted by Crippen LogP contribution is -2.50. The van der Waals surface area contributed by atoms with Gasteiger partial charge in [0.2, 0.25) is 15.9 Å². The van der Waals surface area contributed by atoms with Crippen molar-refractivity contribution in [2.75, 3.05) is 10.5 Å². The van der Waals surface area contributed by atoms with Crippen LogP contribution in [-0.4, -0.2) is 29.9 Å². The molecule has 0 radical (unpaired) electrons. The average Bonchev–Trinajstić information content (AvgIpc) is 2.78. The van der Waals surface area contributed by atoms with E-state index >= 15 is 0 Å². The number of carbonyl (C=O) groups excluding carboxylic acids is 1. The van der Waals surface area contributed by atoms with Crippen molar-refractivity contribution in [3.8, 4) is 0 Å². The molecule has 3 aromatic carbocycles. The van der Waals surface area contributed by atoms with E-state index in [9.17, 15) is 28.0 Å². The number of amides is 1. The summed E-state index contributed by atoms with van der Waals surface area (Å²) < 4.78 is 41.2. The van der Waals surface area contributed by atoms with Crippen LogP contribution in [0, 0.1) is 11.0 Å². The van der Waals surface area contributed by atoms with Gasteiger partial charge in [-0.3, -0.25) is 10.0 Å². The number of sulfonamides is 1. The molecule has 2 N–H and O–H groups in total. The van der Waals surface area contributed by atoms with E-state index < -0.39 is 27.8 Å². The third-order valence-corrected chi connectivity index (χ3v) is 7.17. The van der Waals surface area contributed by atoms with Crippen molar-refractivity contribution in [3.05, 3.63) is 94.9 Å². The molecule has 10 heteroatoms. The van der Waals surface area contributed by atoms with E-state index in [0.717, 1.165) is 39.7 Å². The van der Waals surface area contributed by atoms with Gasteiger partial charge in [-0.25, -0.2) is 12.8 Å². The Labute approximate surface area is 184 Å². The number of para-hydroxylation sites is 2. The molecule has 0 bridgehead atoms. The molecule has 1 heterocycles. The molecule has 8 nitrogen and oxygen atoms in total. The van der Waals surface area contributed by atoms with Gasteiger partial charge in [-0.15, -0.1) is 0 Å². The molecule has 4 rings (SSSR count). The second-order valence-electron chi connectivity index (χ2n) is 7.27. The van der Waals surface area contributed by atoms with Gasteiger partial charge in [0.1, 0.15) is 11.9 Å². The number of hydrogen-bond acceptors (Lipinski definition) is 6. The van der Waals surface area contributed by atoms with Crippen LogP contribution in [0.4, 0.5) is 15.8 Å². The van der Waals surface area contributed by atoms with E-state index in [-0.39, 0.29) is 34.5 Å². The molecule has 0 aliphatic carbocycles. The number of rotatable bonds is 5. The lowest BCUT2D eigenvalue weighted by atomic mass is 9.95. The average molecular weight is 456 g/mol. The van der Waals surface area contributed by atoms with Crippen LogP contribution in [0.15, 0.2) is 77.7 Å². The highest BCUT2D eigenvalue weighted by atomic mass is 32.2. The minimum Gasteiger partial charge on any atom is -0.733 e. The normalized spacial score (nSPS) is 16.3. The molecule has 0 saturated heterocycles.